The van der Waals surface area contributed by atoms with Crippen molar-refractivity contribution in [3.8, 4) is 5.75 Å². The predicted molar refractivity (Wildman–Crippen MR) is 133 cm³/mol. The third-order valence-corrected chi connectivity index (χ3v) is 5.96. The Morgan fingerprint density at radius 3 is 2.25 bits per heavy atom. The number of ether oxygens (including phenoxy) is 2. The summed E-state index contributed by atoms with van der Waals surface area (Å²) in [6, 6.07) is 18.8. The third-order valence-electron chi connectivity index (χ3n) is 5.96. The number of hydrogen-bond acceptors (Lipinski definition) is 6. The summed E-state index contributed by atoms with van der Waals surface area (Å²) in [6.45, 7) is 3.60. The SMILES string of the molecule is COc1ccc(CCN2C(=O)c3ccc(C(=O)OC(C)C(=O)Nc4ccc(C)cc4)cc3C2=O)cc1. The fourth-order valence-electron chi connectivity index (χ4n) is 3.82. The molecule has 0 saturated heterocycles. The van der Waals surface area contributed by atoms with Gasteiger partial charge < -0.3 is 14.8 Å². The summed E-state index contributed by atoms with van der Waals surface area (Å²) in [7, 11) is 1.58. The first-order valence-electron chi connectivity index (χ1n) is 11.5. The molecular weight excluding hydrogens is 460 g/mol. The van der Waals surface area contributed by atoms with Gasteiger partial charge in [-0.3, -0.25) is 19.3 Å². The van der Waals surface area contributed by atoms with E-state index >= 15 is 0 Å². The summed E-state index contributed by atoms with van der Waals surface area (Å²) in [6.07, 6.45) is -0.580. The van der Waals surface area contributed by atoms with Crippen LogP contribution in [0.2, 0.25) is 0 Å². The Morgan fingerprint density at radius 2 is 1.58 bits per heavy atom. The fourth-order valence-corrected chi connectivity index (χ4v) is 3.82. The van der Waals surface area contributed by atoms with Crippen LogP contribution < -0.4 is 10.1 Å². The zero-order valence-corrected chi connectivity index (χ0v) is 20.2. The lowest BCUT2D eigenvalue weighted by atomic mass is 10.1. The number of fused-ring (bicyclic) bond motifs is 1. The fraction of sp³-hybridized carbons (Fsp3) is 0.214. The van der Waals surface area contributed by atoms with Crippen molar-refractivity contribution in [2.75, 3.05) is 19.0 Å². The number of esters is 1. The molecule has 3 aromatic carbocycles. The van der Waals surface area contributed by atoms with Crippen LogP contribution in [0.1, 0.15) is 49.1 Å². The van der Waals surface area contributed by atoms with Crippen LogP contribution in [0.25, 0.3) is 0 Å². The van der Waals surface area contributed by atoms with Crippen molar-refractivity contribution in [1.82, 2.24) is 4.90 Å². The maximum atomic E-state index is 12.9. The van der Waals surface area contributed by atoms with E-state index in [-0.39, 0.29) is 23.2 Å². The molecule has 1 N–H and O–H groups in total. The van der Waals surface area contributed by atoms with Crippen LogP contribution in [0.4, 0.5) is 5.69 Å². The second-order valence-corrected chi connectivity index (χ2v) is 8.52. The molecule has 8 heteroatoms. The Labute approximate surface area is 208 Å². The minimum Gasteiger partial charge on any atom is -0.497 e. The summed E-state index contributed by atoms with van der Waals surface area (Å²) >= 11 is 0. The third kappa shape index (κ3) is 5.27. The molecule has 0 saturated carbocycles. The van der Waals surface area contributed by atoms with Crippen molar-refractivity contribution >= 4 is 29.4 Å². The number of carbonyl (C=O) groups excluding carboxylic acids is 4. The van der Waals surface area contributed by atoms with E-state index in [2.05, 4.69) is 5.32 Å². The van der Waals surface area contributed by atoms with Gasteiger partial charge in [0.05, 0.1) is 23.8 Å². The largest absolute Gasteiger partial charge is 0.497 e. The van der Waals surface area contributed by atoms with Crippen LogP contribution in [0.3, 0.4) is 0 Å². The monoisotopic (exact) mass is 486 g/mol. The Bertz CT molecular complexity index is 1310. The van der Waals surface area contributed by atoms with E-state index in [1.54, 1.807) is 19.2 Å². The van der Waals surface area contributed by atoms with Gasteiger partial charge in [0, 0.05) is 12.2 Å². The number of imide groups is 1. The van der Waals surface area contributed by atoms with Gasteiger partial charge in [-0.1, -0.05) is 29.8 Å². The molecule has 184 valence electrons. The molecule has 1 unspecified atom stereocenters. The highest BCUT2D eigenvalue weighted by molar-refractivity contribution is 6.22. The zero-order valence-electron chi connectivity index (χ0n) is 20.2. The zero-order chi connectivity index (χ0) is 25.8. The summed E-state index contributed by atoms with van der Waals surface area (Å²) in [4.78, 5) is 52.0. The van der Waals surface area contributed by atoms with Gasteiger partial charge in [-0.05, 0) is 68.3 Å². The van der Waals surface area contributed by atoms with Gasteiger partial charge in [-0.2, -0.15) is 0 Å². The van der Waals surface area contributed by atoms with Crippen LogP contribution >= 0.6 is 0 Å². The molecule has 4 rings (SSSR count). The normalized spacial score (nSPS) is 13.2. The van der Waals surface area contributed by atoms with Crippen LogP contribution in [0.5, 0.6) is 5.75 Å². The molecule has 1 aliphatic heterocycles. The van der Waals surface area contributed by atoms with E-state index in [9.17, 15) is 19.2 Å². The number of nitrogens with zero attached hydrogens (tertiary/aromatic N) is 1. The molecule has 0 bridgehead atoms. The van der Waals surface area contributed by atoms with E-state index < -0.39 is 29.8 Å². The number of aryl methyl sites for hydroxylation is 1. The topological polar surface area (TPSA) is 102 Å². The van der Waals surface area contributed by atoms with Crippen LogP contribution in [-0.2, 0) is 16.0 Å². The first-order chi connectivity index (χ1) is 17.3. The van der Waals surface area contributed by atoms with Crippen LogP contribution in [0.15, 0.2) is 66.7 Å². The highest BCUT2D eigenvalue weighted by atomic mass is 16.5. The van der Waals surface area contributed by atoms with Crippen LogP contribution in [0, 0.1) is 6.92 Å². The second-order valence-electron chi connectivity index (χ2n) is 8.52. The van der Waals surface area contributed by atoms with Crippen molar-refractivity contribution in [1.29, 1.82) is 0 Å². The summed E-state index contributed by atoms with van der Waals surface area (Å²) < 4.78 is 10.4. The number of rotatable bonds is 8. The minimum atomic E-state index is -1.06. The molecule has 0 aromatic heterocycles. The lowest BCUT2D eigenvalue weighted by molar-refractivity contribution is -0.123. The van der Waals surface area contributed by atoms with Crippen molar-refractivity contribution in [3.05, 3.63) is 94.5 Å². The lowest BCUT2D eigenvalue weighted by Gasteiger charge is -2.14. The Balaban J connectivity index is 1.39. The standard InChI is InChI=1S/C28H26N2O6/c1-17-4-9-21(10-5-17)29-25(31)18(2)36-28(34)20-8-13-23-24(16-20)27(33)30(26(23)32)15-14-19-6-11-22(35-3)12-7-19/h4-13,16,18H,14-15H2,1-3H3,(H,29,31). The van der Waals surface area contributed by atoms with Gasteiger partial charge >= 0.3 is 5.97 Å². The highest BCUT2D eigenvalue weighted by Crippen LogP contribution is 2.25. The lowest BCUT2D eigenvalue weighted by Crippen LogP contribution is -2.31. The summed E-state index contributed by atoms with van der Waals surface area (Å²) in [5.74, 6) is -1.40. The van der Waals surface area contributed by atoms with E-state index in [4.69, 9.17) is 9.47 Å². The molecule has 1 atom stereocenters. The van der Waals surface area contributed by atoms with Crippen molar-refractivity contribution in [3.63, 3.8) is 0 Å². The van der Waals surface area contributed by atoms with E-state index in [1.165, 1.54) is 30.0 Å². The van der Waals surface area contributed by atoms with Crippen molar-refractivity contribution < 1.29 is 28.7 Å². The number of nitrogens with one attached hydrogen (secondary N) is 1. The number of anilines is 1. The molecule has 3 aromatic rings. The summed E-state index contributed by atoms with van der Waals surface area (Å²) in [5.41, 5.74) is 3.05. The minimum absolute atomic E-state index is 0.0851. The Morgan fingerprint density at radius 1 is 0.917 bits per heavy atom. The van der Waals surface area contributed by atoms with E-state index in [0.717, 1.165) is 16.9 Å². The smallest absolute Gasteiger partial charge is 0.338 e. The van der Waals surface area contributed by atoms with Gasteiger partial charge in [0.25, 0.3) is 17.7 Å². The quantitative estimate of drug-likeness (QED) is 0.381. The average molecular weight is 487 g/mol. The van der Waals surface area contributed by atoms with Gasteiger partial charge in [0.1, 0.15) is 5.75 Å². The average Bonchev–Trinajstić information content (AvgIpc) is 3.12. The molecule has 0 radical (unpaired) electrons. The molecule has 3 amide bonds. The molecule has 1 aliphatic rings. The maximum absolute atomic E-state index is 12.9. The molecular formula is C28H26N2O6. The molecule has 36 heavy (non-hydrogen) atoms. The van der Waals surface area contributed by atoms with E-state index in [0.29, 0.717) is 12.1 Å². The number of hydrogen-bond donors (Lipinski definition) is 1. The molecule has 1 heterocycles. The predicted octanol–water partition coefficient (Wildman–Crippen LogP) is 4.03. The maximum Gasteiger partial charge on any atom is 0.338 e. The van der Waals surface area contributed by atoms with Gasteiger partial charge in [-0.15, -0.1) is 0 Å². The first-order valence-corrected chi connectivity index (χ1v) is 11.5. The van der Waals surface area contributed by atoms with Crippen molar-refractivity contribution in [2.45, 2.75) is 26.4 Å². The molecule has 8 nitrogen and oxygen atoms in total. The van der Waals surface area contributed by atoms with E-state index in [1.807, 2.05) is 43.3 Å². The number of carbonyl (C=O) groups is 4. The number of amides is 3. The number of methoxy groups -OCH3 is 1. The number of benzene rings is 3. The Kier molecular flexibility index (Phi) is 7.15. The van der Waals surface area contributed by atoms with Crippen molar-refractivity contribution in [2.24, 2.45) is 0 Å². The summed E-state index contributed by atoms with van der Waals surface area (Å²) in [5, 5.41) is 2.69. The Hall–Kier alpha value is -4.46. The molecule has 0 aliphatic carbocycles. The van der Waals surface area contributed by atoms with Crippen LogP contribution in [-0.4, -0.2) is 48.3 Å². The van der Waals surface area contributed by atoms with Gasteiger partial charge in [0.2, 0.25) is 0 Å². The molecule has 0 fully saturated rings. The molecule has 0 spiro atoms. The van der Waals surface area contributed by atoms with Gasteiger partial charge in [-0.25, -0.2) is 4.79 Å². The second kappa shape index (κ2) is 10.4. The first kappa shape index (κ1) is 24.7. The highest BCUT2D eigenvalue weighted by Gasteiger charge is 2.36. The van der Waals surface area contributed by atoms with Gasteiger partial charge in [0.15, 0.2) is 6.10 Å².